The molecule has 0 spiro atoms. The van der Waals surface area contributed by atoms with Crippen LogP contribution >= 0.6 is 11.8 Å². The van der Waals surface area contributed by atoms with E-state index in [-0.39, 0.29) is 18.0 Å². The molecule has 1 aromatic carbocycles. The van der Waals surface area contributed by atoms with E-state index < -0.39 is 29.7 Å². The van der Waals surface area contributed by atoms with E-state index in [1.165, 1.54) is 22.7 Å². The van der Waals surface area contributed by atoms with Crippen LogP contribution in [0.1, 0.15) is 5.56 Å². The number of benzene rings is 1. The molecule has 1 saturated heterocycles. The lowest BCUT2D eigenvalue weighted by Gasteiger charge is -2.20. The number of carboxylic acids is 1. The van der Waals surface area contributed by atoms with Gasteiger partial charge in [-0.2, -0.15) is 0 Å². The number of nitrogens with zero attached hydrogens (tertiary/aromatic N) is 1. The topological polar surface area (TPSA) is 69.6 Å². The largest absolute Gasteiger partial charge is 0.480 e. The van der Waals surface area contributed by atoms with Gasteiger partial charge in [0.05, 0.1) is 5.88 Å². The second kappa shape index (κ2) is 6.08. The molecular weight excluding hydrogens is 290 g/mol. The van der Waals surface area contributed by atoms with Crippen molar-refractivity contribution in [3.05, 3.63) is 35.4 Å². The molecule has 5 nitrogen and oxygen atoms in total. The zero-order valence-corrected chi connectivity index (χ0v) is 11.1. The monoisotopic (exact) mass is 302 g/mol. The summed E-state index contributed by atoms with van der Waals surface area (Å²) in [5.74, 6) is -1.92. The first-order valence-corrected chi connectivity index (χ1v) is 6.93. The van der Waals surface area contributed by atoms with Gasteiger partial charge in [0, 0.05) is 23.9 Å². The highest BCUT2D eigenvalue weighted by Crippen LogP contribution is 2.21. The Balaban J connectivity index is 1.96. The van der Waals surface area contributed by atoms with Crippen molar-refractivity contribution in [2.75, 3.05) is 11.6 Å². The summed E-state index contributed by atoms with van der Waals surface area (Å²) in [5.41, 5.74) is 0.137. The fourth-order valence-electron chi connectivity index (χ4n) is 1.78. The van der Waals surface area contributed by atoms with Crippen LogP contribution in [-0.2, 0) is 11.3 Å². The Labute approximate surface area is 117 Å². The van der Waals surface area contributed by atoms with Gasteiger partial charge in [-0.25, -0.2) is 18.4 Å². The van der Waals surface area contributed by atoms with Crippen LogP contribution in [0.25, 0.3) is 0 Å². The minimum Gasteiger partial charge on any atom is -0.480 e. The summed E-state index contributed by atoms with van der Waals surface area (Å²) in [6, 6.07) is 1.60. The van der Waals surface area contributed by atoms with E-state index in [4.69, 9.17) is 5.11 Å². The Morgan fingerprint density at radius 3 is 2.85 bits per heavy atom. The predicted molar refractivity (Wildman–Crippen MR) is 69.2 cm³/mol. The number of rotatable bonds is 3. The summed E-state index contributed by atoms with van der Waals surface area (Å²) >= 11 is 1.33. The maximum Gasteiger partial charge on any atom is 0.327 e. The van der Waals surface area contributed by atoms with Gasteiger partial charge in [-0.1, -0.05) is 6.07 Å². The van der Waals surface area contributed by atoms with E-state index in [0.29, 0.717) is 5.75 Å². The smallest absolute Gasteiger partial charge is 0.327 e. The van der Waals surface area contributed by atoms with Crippen molar-refractivity contribution >= 4 is 23.8 Å². The molecule has 0 aliphatic carbocycles. The Bertz CT molecular complexity index is 541. The first-order valence-electron chi connectivity index (χ1n) is 5.78. The van der Waals surface area contributed by atoms with E-state index in [2.05, 4.69) is 5.32 Å². The lowest BCUT2D eigenvalue weighted by Crippen LogP contribution is -2.46. The average Bonchev–Trinajstić information content (AvgIpc) is 2.86. The van der Waals surface area contributed by atoms with E-state index in [0.717, 1.165) is 12.1 Å². The Morgan fingerprint density at radius 1 is 1.45 bits per heavy atom. The Hall–Kier alpha value is -1.83. The maximum atomic E-state index is 13.4. The number of urea groups is 1. The van der Waals surface area contributed by atoms with Crippen molar-refractivity contribution in [2.45, 2.75) is 12.6 Å². The molecule has 1 aliphatic rings. The van der Waals surface area contributed by atoms with Gasteiger partial charge in [0.2, 0.25) is 0 Å². The molecule has 0 saturated carbocycles. The number of hydrogen-bond acceptors (Lipinski definition) is 3. The third kappa shape index (κ3) is 3.19. The van der Waals surface area contributed by atoms with Crippen LogP contribution in [0.4, 0.5) is 13.6 Å². The molecule has 2 N–H and O–H groups in total. The van der Waals surface area contributed by atoms with Gasteiger partial charge in [0.15, 0.2) is 0 Å². The fourth-order valence-corrected chi connectivity index (χ4v) is 2.93. The first kappa shape index (κ1) is 14.6. The molecule has 2 amide bonds. The molecule has 1 aliphatic heterocycles. The second-order valence-electron chi connectivity index (χ2n) is 4.22. The number of carbonyl (C=O) groups excluding carboxylic acids is 1. The predicted octanol–water partition coefficient (Wildman–Crippen LogP) is 1.63. The van der Waals surface area contributed by atoms with Crippen LogP contribution in [0.2, 0.25) is 0 Å². The molecule has 0 bridgehead atoms. The SMILES string of the molecule is O=C(O)[C@@H]1CSCN1C(=O)NCc1ccc(F)cc1F. The van der Waals surface area contributed by atoms with Crippen LogP contribution in [0.15, 0.2) is 18.2 Å². The number of hydrogen-bond donors (Lipinski definition) is 2. The van der Waals surface area contributed by atoms with Crippen molar-refractivity contribution in [3.63, 3.8) is 0 Å². The fraction of sp³-hybridized carbons (Fsp3) is 0.333. The van der Waals surface area contributed by atoms with Gasteiger partial charge in [0.25, 0.3) is 0 Å². The van der Waals surface area contributed by atoms with Crippen molar-refractivity contribution in [2.24, 2.45) is 0 Å². The summed E-state index contributed by atoms with van der Waals surface area (Å²) in [7, 11) is 0. The number of nitrogens with one attached hydrogen (secondary N) is 1. The molecule has 0 aromatic heterocycles. The van der Waals surface area contributed by atoms with Crippen molar-refractivity contribution in [3.8, 4) is 0 Å². The molecule has 1 atom stereocenters. The molecule has 2 rings (SSSR count). The number of thioether (sulfide) groups is 1. The number of carboxylic acid groups (broad SMARTS) is 1. The lowest BCUT2D eigenvalue weighted by atomic mass is 10.2. The molecule has 8 heteroatoms. The maximum absolute atomic E-state index is 13.4. The highest BCUT2D eigenvalue weighted by molar-refractivity contribution is 7.99. The van der Waals surface area contributed by atoms with E-state index in [1.807, 2.05) is 0 Å². The average molecular weight is 302 g/mol. The van der Waals surface area contributed by atoms with Crippen molar-refractivity contribution < 1.29 is 23.5 Å². The normalized spacial score (nSPS) is 18.1. The number of carbonyl (C=O) groups is 2. The van der Waals surface area contributed by atoms with Gasteiger partial charge in [0.1, 0.15) is 17.7 Å². The van der Waals surface area contributed by atoms with Gasteiger partial charge in [-0.3, -0.25) is 0 Å². The third-order valence-corrected chi connectivity index (χ3v) is 3.89. The lowest BCUT2D eigenvalue weighted by molar-refractivity contribution is -0.140. The Morgan fingerprint density at radius 2 is 2.20 bits per heavy atom. The summed E-state index contributed by atoms with van der Waals surface area (Å²) in [6.07, 6.45) is 0. The number of aliphatic carboxylic acids is 1. The van der Waals surface area contributed by atoms with E-state index in [9.17, 15) is 18.4 Å². The summed E-state index contributed by atoms with van der Waals surface area (Å²) in [6.45, 7) is -0.127. The summed E-state index contributed by atoms with van der Waals surface area (Å²) in [5, 5.41) is 11.4. The van der Waals surface area contributed by atoms with Crippen LogP contribution in [0, 0.1) is 11.6 Å². The first-order chi connectivity index (χ1) is 9.49. The standard InChI is InChI=1S/C12H12F2N2O3S/c13-8-2-1-7(9(14)3-8)4-15-12(19)16-6-20-5-10(16)11(17)18/h1-3,10H,4-6H2,(H,15,19)(H,17,18)/t10-/m0/s1. The molecule has 20 heavy (non-hydrogen) atoms. The number of halogens is 2. The molecule has 1 fully saturated rings. The van der Waals surface area contributed by atoms with Gasteiger partial charge in [-0.15, -0.1) is 11.8 Å². The molecular formula is C12H12F2N2O3S. The van der Waals surface area contributed by atoms with Crippen LogP contribution in [0.3, 0.4) is 0 Å². The third-order valence-electron chi connectivity index (χ3n) is 2.87. The molecule has 1 heterocycles. The second-order valence-corrected chi connectivity index (χ2v) is 5.22. The van der Waals surface area contributed by atoms with Gasteiger partial charge in [-0.05, 0) is 6.07 Å². The van der Waals surface area contributed by atoms with Crippen LogP contribution < -0.4 is 5.32 Å². The highest BCUT2D eigenvalue weighted by Gasteiger charge is 2.34. The van der Waals surface area contributed by atoms with Crippen LogP contribution in [-0.4, -0.2) is 39.7 Å². The van der Waals surface area contributed by atoms with Gasteiger partial charge >= 0.3 is 12.0 Å². The molecule has 0 unspecified atom stereocenters. The van der Waals surface area contributed by atoms with Gasteiger partial charge < -0.3 is 15.3 Å². The summed E-state index contributed by atoms with van der Waals surface area (Å²) < 4.78 is 26.1. The minimum atomic E-state index is -1.07. The summed E-state index contributed by atoms with van der Waals surface area (Å²) in [4.78, 5) is 24.0. The van der Waals surface area contributed by atoms with E-state index in [1.54, 1.807) is 0 Å². The van der Waals surface area contributed by atoms with Crippen molar-refractivity contribution in [1.29, 1.82) is 0 Å². The molecule has 1 aromatic rings. The van der Waals surface area contributed by atoms with Crippen molar-refractivity contribution in [1.82, 2.24) is 10.2 Å². The van der Waals surface area contributed by atoms with Crippen LogP contribution in [0.5, 0.6) is 0 Å². The van der Waals surface area contributed by atoms with E-state index >= 15 is 0 Å². The Kier molecular flexibility index (Phi) is 4.43. The molecule has 0 radical (unpaired) electrons. The molecule has 108 valence electrons. The quantitative estimate of drug-likeness (QED) is 0.890. The number of amides is 2. The minimum absolute atomic E-state index is 0.127. The zero-order valence-electron chi connectivity index (χ0n) is 10.3. The zero-order chi connectivity index (χ0) is 14.7. The highest BCUT2D eigenvalue weighted by atomic mass is 32.2.